The molecule has 1 aromatic rings. The van der Waals surface area contributed by atoms with Gasteiger partial charge in [0.05, 0.1) is 0 Å². The zero-order valence-electron chi connectivity index (χ0n) is 14.5. The van der Waals surface area contributed by atoms with Gasteiger partial charge in [0.15, 0.2) is 0 Å². The van der Waals surface area contributed by atoms with E-state index >= 15 is 0 Å². The van der Waals surface area contributed by atoms with Gasteiger partial charge in [-0.2, -0.15) is 0 Å². The topological polar surface area (TPSA) is 15.3 Å². The first-order valence-corrected chi connectivity index (χ1v) is 7.82. The van der Waals surface area contributed by atoms with Crippen LogP contribution in [0.1, 0.15) is 46.6 Å². The molecule has 1 rings (SSSR count). The summed E-state index contributed by atoms with van der Waals surface area (Å²) in [6.45, 7) is 13.6. The van der Waals surface area contributed by atoms with E-state index in [9.17, 15) is 4.39 Å². The van der Waals surface area contributed by atoms with Crippen molar-refractivity contribution in [3.63, 3.8) is 0 Å². The largest absolute Gasteiger partial charge is 0.311 e. The fourth-order valence-electron chi connectivity index (χ4n) is 2.40. The van der Waals surface area contributed by atoms with Crippen LogP contribution >= 0.6 is 0 Å². The normalized spacial score (nSPS) is 15.2. The Morgan fingerprint density at radius 3 is 2.29 bits per heavy atom. The monoisotopic (exact) mass is 294 g/mol. The molecule has 21 heavy (non-hydrogen) atoms. The van der Waals surface area contributed by atoms with Gasteiger partial charge in [-0.3, -0.25) is 0 Å². The van der Waals surface area contributed by atoms with E-state index in [-0.39, 0.29) is 16.8 Å². The molecule has 0 bridgehead atoms. The van der Waals surface area contributed by atoms with Crippen LogP contribution in [0.2, 0.25) is 0 Å². The van der Waals surface area contributed by atoms with Crippen molar-refractivity contribution >= 4 is 0 Å². The molecule has 1 unspecified atom stereocenters. The maximum Gasteiger partial charge on any atom is 0.127 e. The van der Waals surface area contributed by atoms with Crippen LogP contribution in [-0.4, -0.2) is 30.6 Å². The van der Waals surface area contributed by atoms with E-state index < -0.39 is 0 Å². The number of hydrogen-bond acceptors (Lipinski definition) is 2. The van der Waals surface area contributed by atoms with E-state index in [1.54, 1.807) is 6.07 Å². The third-order valence-electron chi connectivity index (χ3n) is 3.95. The Morgan fingerprint density at radius 2 is 1.76 bits per heavy atom. The van der Waals surface area contributed by atoms with Gasteiger partial charge in [-0.25, -0.2) is 4.39 Å². The Balaban J connectivity index is 2.61. The minimum Gasteiger partial charge on any atom is -0.311 e. The Bertz CT molecular complexity index is 439. The van der Waals surface area contributed by atoms with Gasteiger partial charge in [-0.15, -0.1) is 0 Å². The number of rotatable bonds is 7. The molecule has 0 aliphatic heterocycles. The van der Waals surface area contributed by atoms with Crippen molar-refractivity contribution in [2.75, 3.05) is 20.1 Å². The maximum absolute atomic E-state index is 13.7. The Morgan fingerprint density at radius 1 is 1.14 bits per heavy atom. The lowest BCUT2D eigenvalue weighted by Gasteiger charge is -2.36. The molecule has 0 fully saturated rings. The number of hydrogen-bond donors (Lipinski definition) is 1. The van der Waals surface area contributed by atoms with Crippen molar-refractivity contribution in [2.24, 2.45) is 5.41 Å². The molecule has 0 spiro atoms. The van der Waals surface area contributed by atoms with E-state index in [2.05, 4.69) is 51.9 Å². The van der Waals surface area contributed by atoms with Crippen LogP contribution in [0.15, 0.2) is 24.3 Å². The molecule has 0 amide bonds. The first kappa shape index (κ1) is 18.1. The highest BCUT2D eigenvalue weighted by molar-refractivity contribution is 5.17. The van der Waals surface area contributed by atoms with Gasteiger partial charge in [0.1, 0.15) is 5.82 Å². The molecule has 2 nitrogen and oxygen atoms in total. The van der Waals surface area contributed by atoms with Gasteiger partial charge in [0.2, 0.25) is 0 Å². The van der Waals surface area contributed by atoms with Crippen LogP contribution in [-0.2, 0) is 6.54 Å². The third-order valence-corrected chi connectivity index (χ3v) is 3.95. The quantitative estimate of drug-likeness (QED) is 0.816. The van der Waals surface area contributed by atoms with E-state index in [0.29, 0.717) is 6.54 Å². The second kappa shape index (κ2) is 7.37. The lowest BCUT2D eigenvalue weighted by molar-refractivity contribution is 0.163. The summed E-state index contributed by atoms with van der Waals surface area (Å²) < 4.78 is 13.7. The highest BCUT2D eigenvalue weighted by atomic mass is 19.1. The number of nitrogens with zero attached hydrogens (tertiary/aromatic N) is 1. The minimum absolute atomic E-state index is 0.115. The Labute approximate surface area is 129 Å². The third kappa shape index (κ3) is 6.58. The van der Waals surface area contributed by atoms with Crippen LogP contribution < -0.4 is 5.32 Å². The molecule has 3 heteroatoms. The maximum atomic E-state index is 13.7. The first-order valence-electron chi connectivity index (χ1n) is 7.82. The molecule has 120 valence electrons. The SMILES string of the molecule is CCC(C)(CNC(C)(C)C)CN(C)Cc1ccccc1F. The smallest absolute Gasteiger partial charge is 0.127 e. The summed E-state index contributed by atoms with van der Waals surface area (Å²) in [6, 6.07) is 7.03. The molecular weight excluding hydrogens is 263 g/mol. The van der Waals surface area contributed by atoms with Gasteiger partial charge < -0.3 is 10.2 Å². The summed E-state index contributed by atoms with van der Waals surface area (Å²) in [5.41, 5.74) is 1.08. The summed E-state index contributed by atoms with van der Waals surface area (Å²) in [6.07, 6.45) is 1.09. The molecular formula is C18H31FN2. The van der Waals surface area contributed by atoms with Crippen LogP contribution in [0.3, 0.4) is 0 Å². The van der Waals surface area contributed by atoms with Crippen molar-refractivity contribution in [1.82, 2.24) is 10.2 Å². The highest BCUT2D eigenvalue weighted by Gasteiger charge is 2.26. The van der Waals surface area contributed by atoms with Crippen LogP contribution in [0.25, 0.3) is 0 Å². The Hall–Kier alpha value is -0.930. The van der Waals surface area contributed by atoms with Crippen molar-refractivity contribution in [1.29, 1.82) is 0 Å². The van der Waals surface area contributed by atoms with Gasteiger partial charge in [-0.05, 0) is 45.7 Å². The van der Waals surface area contributed by atoms with Crippen LogP contribution in [0, 0.1) is 11.2 Å². The second-order valence-corrected chi connectivity index (χ2v) is 7.53. The molecule has 0 aliphatic rings. The molecule has 0 heterocycles. The molecule has 0 saturated carbocycles. The van der Waals surface area contributed by atoms with Crippen molar-refractivity contribution < 1.29 is 4.39 Å². The summed E-state index contributed by atoms with van der Waals surface area (Å²) in [5.74, 6) is -0.115. The molecule has 1 N–H and O–H groups in total. The van der Waals surface area contributed by atoms with Gasteiger partial charge in [-0.1, -0.05) is 32.0 Å². The number of nitrogens with one attached hydrogen (secondary N) is 1. The number of benzene rings is 1. The lowest BCUT2D eigenvalue weighted by Crippen LogP contribution is -2.46. The van der Waals surface area contributed by atoms with Gasteiger partial charge in [0, 0.05) is 30.7 Å². The van der Waals surface area contributed by atoms with E-state index in [1.165, 1.54) is 6.07 Å². The summed E-state index contributed by atoms with van der Waals surface area (Å²) >= 11 is 0. The van der Waals surface area contributed by atoms with E-state index in [4.69, 9.17) is 0 Å². The molecule has 0 aliphatic carbocycles. The zero-order chi connectivity index (χ0) is 16.1. The van der Waals surface area contributed by atoms with Crippen molar-refractivity contribution in [2.45, 2.75) is 53.1 Å². The molecule has 1 atom stereocenters. The summed E-state index contributed by atoms with van der Waals surface area (Å²) in [5, 5.41) is 3.59. The fourth-order valence-corrected chi connectivity index (χ4v) is 2.40. The average molecular weight is 294 g/mol. The molecule has 0 aromatic heterocycles. The van der Waals surface area contributed by atoms with Crippen molar-refractivity contribution in [3.8, 4) is 0 Å². The van der Waals surface area contributed by atoms with Crippen LogP contribution in [0.5, 0.6) is 0 Å². The summed E-state index contributed by atoms with van der Waals surface area (Å²) in [4.78, 5) is 2.21. The molecule has 1 aromatic carbocycles. The van der Waals surface area contributed by atoms with Gasteiger partial charge >= 0.3 is 0 Å². The number of halogens is 1. The molecule has 0 saturated heterocycles. The summed E-state index contributed by atoms with van der Waals surface area (Å²) in [7, 11) is 2.07. The second-order valence-electron chi connectivity index (χ2n) is 7.53. The average Bonchev–Trinajstić information content (AvgIpc) is 2.38. The first-order chi connectivity index (χ1) is 9.65. The predicted molar refractivity (Wildman–Crippen MR) is 88.9 cm³/mol. The standard InChI is InChI=1S/C18H31FN2/c1-7-18(5,13-20-17(2,3)4)14-21(6)12-15-10-8-9-11-16(15)19/h8-11,20H,7,12-14H2,1-6H3. The lowest BCUT2D eigenvalue weighted by atomic mass is 9.86. The zero-order valence-corrected chi connectivity index (χ0v) is 14.5. The molecule has 0 radical (unpaired) electrons. The van der Waals surface area contributed by atoms with E-state index in [0.717, 1.165) is 25.1 Å². The minimum atomic E-state index is -0.115. The van der Waals surface area contributed by atoms with E-state index in [1.807, 2.05) is 12.1 Å². The Kier molecular flexibility index (Phi) is 6.36. The predicted octanol–water partition coefficient (Wildman–Crippen LogP) is 4.06. The van der Waals surface area contributed by atoms with Crippen LogP contribution in [0.4, 0.5) is 4.39 Å². The van der Waals surface area contributed by atoms with Crippen molar-refractivity contribution in [3.05, 3.63) is 35.6 Å². The highest BCUT2D eigenvalue weighted by Crippen LogP contribution is 2.23. The fraction of sp³-hybridized carbons (Fsp3) is 0.667. The van der Waals surface area contributed by atoms with Gasteiger partial charge in [0.25, 0.3) is 0 Å².